The number of hydrogen-bond acceptors (Lipinski definition) is 3. The number of carbonyl (C=O) groups is 1. The van der Waals surface area contributed by atoms with Gasteiger partial charge in [-0.2, -0.15) is 0 Å². The molecule has 1 aliphatic rings. The number of hydrogen-bond donors (Lipinski definition) is 2. The first-order chi connectivity index (χ1) is 11.7. The predicted octanol–water partition coefficient (Wildman–Crippen LogP) is 2.76. The summed E-state index contributed by atoms with van der Waals surface area (Å²) < 4.78 is 0. The number of carbonyl (C=O) groups excluding carboxylic acids is 1. The van der Waals surface area contributed by atoms with Crippen molar-refractivity contribution in [2.24, 2.45) is 0 Å². The molecule has 0 saturated carbocycles. The van der Waals surface area contributed by atoms with Crippen molar-refractivity contribution >= 4 is 5.91 Å². The molecule has 124 valence electrons. The Balaban J connectivity index is 1.70. The van der Waals surface area contributed by atoms with Gasteiger partial charge in [-0.1, -0.05) is 60.7 Å². The molecule has 0 fully saturated rings. The van der Waals surface area contributed by atoms with E-state index >= 15 is 0 Å². The molecular weight excluding hydrogens is 300 g/mol. The molecule has 1 aliphatic heterocycles. The first kappa shape index (κ1) is 16.3. The molecule has 0 spiro atoms. The Hall–Kier alpha value is -2.59. The maximum absolute atomic E-state index is 11.6. The Kier molecular flexibility index (Phi) is 5.29. The summed E-state index contributed by atoms with van der Waals surface area (Å²) in [5.74, 6) is -0.0514. The number of hydroxylamine groups is 1. The highest BCUT2D eigenvalue weighted by Crippen LogP contribution is 2.17. The standard InChI is InChI=1S/C20H22N2O2/c1-15(23)21-19(13-17-10-6-3-7-11-17)20-14-18(22-24-20)12-16-8-4-2-5-9-16/h2-11,14,19-20,22H,12-13H2,1H3,(H,21,23)/t19-,20-/m0/s1. The van der Waals surface area contributed by atoms with Crippen molar-refractivity contribution < 1.29 is 9.63 Å². The third-order valence-electron chi connectivity index (χ3n) is 4.01. The van der Waals surface area contributed by atoms with Crippen molar-refractivity contribution in [3.8, 4) is 0 Å². The second kappa shape index (κ2) is 7.79. The van der Waals surface area contributed by atoms with Crippen molar-refractivity contribution in [2.45, 2.75) is 31.9 Å². The van der Waals surface area contributed by atoms with Crippen LogP contribution in [0.4, 0.5) is 0 Å². The topological polar surface area (TPSA) is 50.4 Å². The number of benzene rings is 2. The van der Waals surface area contributed by atoms with Crippen molar-refractivity contribution in [2.75, 3.05) is 0 Å². The Morgan fingerprint density at radius 3 is 2.33 bits per heavy atom. The first-order valence-electron chi connectivity index (χ1n) is 8.18. The SMILES string of the molecule is CC(=O)N[C@@H](Cc1ccccc1)[C@@H]1C=C(Cc2ccccc2)NO1. The van der Waals surface area contributed by atoms with E-state index in [-0.39, 0.29) is 18.1 Å². The Bertz CT molecular complexity index is 698. The van der Waals surface area contributed by atoms with E-state index in [4.69, 9.17) is 4.84 Å². The van der Waals surface area contributed by atoms with Crippen molar-refractivity contribution in [3.05, 3.63) is 83.6 Å². The fraction of sp³-hybridized carbons (Fsp3) is 0.250. The highest BCUT2D eigenvalue weighted by atomic mass is 16.7. The van der Waals surface area contributed by atoms with Crippen molar-refractivity contribution in [3.63, 3.8) is 0 Å². The van der Waals surface area contributed by atoms with E-state index in [9.17, 15) is 4.79 Å². The highest BCUT2D eigenvalue weighted by Gasteiger charge is 2.27. The molecule has 0 aliphatic carbocycles. The van der Waals surface area contributed by atoms with Crippen LogP contribution in [0.2, 0.25) is 0 Å². The smallest absolute Gasteiger partial charge is 0.217 e. The molecule has 1 amide bonds. The van der Waals surface area contributed by atoms with E-state index < -0.39 is 0 Å². The molecule has 2 atom stereocenters. The van der Waals surface area contributed by atoms with Gasteiger partial charge in [0.15, 0.2) is 0 Å². The minimum absolute atomic E-state index is 0.0514. The molecular formula is C20H22N2O2. The van der Waals surface area contributed by atoms with Crippen LogP contribution in [-0.2, 0) is 22.5 Å². The third kappa shape index (κ3) is 4.46. The zero-order valence-electron chi connectivity index (χ0n) is 13.7. The molecule has 0 aromatic heterocycles. The first-order valence-corrected chi connectivity index (χ1v) is 8.18. The van der Waals surface area contributed by atoms with Crippen LogP contribution in [0.25, 0.3) is 0 Å². The molecule has 2 N–H and O–H groups in total. The van der Waals surface area contributed by atoms with Gasteiger partial charge in [0, 0.05) is 19.0 Å². The highest BCUT2D eigenvalue weighted by molar-refractivity contribution is 5.73. The molecule has 0 radical (unpaired) electrons. The Labute approximate surface area is 142 Å². The monoisotopic (exact) mass is 322 g/mol. The fourth-order valence-electron chi connectivity index (χ4n) is 2.90. The Morgan fingerprint density at radius 1 is 1.08 bits per heavy atom. The van der Waals surface area contributed by atoms with Gasteiger partial charge in [-0.25, -0.2) is 0 Å². The van der Waals surface area contributed by atoms with Crippen molar-refractivity contribution in [1.29, 1.82) is 0 Å². The van der Waals surface area contributed by atoms with Crippen molar-refractivity contribution in [1.82, 2.24) is 10.8 Å². The third-order valence-corrected chi connectivity index (χ3v) is 4.01. The number of allylic oxidation sites excluding steroid dienone is 1. The average molecular weight is 322 g/mol. The van der Waals surface area contributed by atoms with Crippen LogP contribution in [0, 0.1) is 0 Å². The number of amides is 1. The summed E-state index contributed by atoms with van der Waals surface area (Å²) in [7, 11) is 0. The van der Waals surface area contributed by atoms with Gasteiger partial charge in [0.05, 0.1) is 6.04 Å². The van der Waals surface area contributed by atoms with Gasteiger partial charge in [-0.3, -0.25) is 15.1 Å². The van der Waals surface area contributed by atoms with E-state index in [1.165, 1.54) is 18.1 Å². The lowest BCUT2D eigenvalue weighted by Crippen LogP contribution is -2.44. The summed E-state index contributed by atoms with van der Waals surface area (Å²) >= 11 is 0. The molecule has 4 heteroatoms. The summed E-state index contributed by atoms with van der Waals surface area (Å²) in [6.45, 7) is 1.54. The lowest BCUT2D eigenvalue weighted by molar-refractivity contribution is -0.120. The summed E-state index contributed by atoms with van der Waals surface area (Å²) in [6, 6.07) is 20.3. The van der Waals surface area contributed by atoms with E-state index in [1.54, 1.807) is 0 Å². The van der Waals surface area contributed by atoms with Gasteiger partial charge in [0.25, 0.3) is 0 Å². The normalized spacial score (nSPS) is 17.7. The maximum Gasteiger partial charge on any atom is 0.217 e. The molecule has 3 rings (SSSR count). The van der Waals surface area contributed by atoms with Gasteiger partial charge >= 0.3 is 0 Å². The summed E-state index contributed by atoms with van der Waals surface area (Å²) in [5.41, 5.74) is 6.42. The van der Waals surface area contributed by atoms with E-state index in [2.05, 4.69) is 41.1 Å². The molecule has 0 saturated heterocycles. The molecule has 2 aromatic rings. The molecule has 1 heterocycles. The van der Waals surface area contributed by atoms with Crippen LogP contribution in [0.5, 0.6) is 0 Å². The average Bonchev–Trinajstić information content (AvgIpc) is 3.04. The van der Waals surface area contributed by atoms with Crippen LogP contribution in [0.1, 0.15) is 18.1 Å². The van der Waals surface area contributed by atoms with E-state index in [0.29, 0.717) is 0 Å². The largest absolute Gasteiger partial charge is 0.350 e. The fourth-order valence-corrected chi connectivity index (χ4v) is 2.90. The van der Waals surface area contributed by atoms with Crippen LogP contribution in [0.15, 0.2) is 72.4 Å². The Morgan fingerprint density at radius 2 is 1.71 bits per heavy atom. The lowest BCUT2D eigenvalue weighted by Gasteiger charge is -2.22. The van der Waals surface area contributed by atoms with Gasteiger partial charge < -0.3 is 5.32 Å². The van der Waals surface area contributed by atoms with Crippen LogP contribution >= 0.6 is 0 Å². The number of rotatable bonds is 6. The molecule has 0 unspecified atom stereocenters. The minimum Gasteiger partial charge on any atom is -0.350 e. The van der Waals surface area contributed by atoms with Gasteiger partial charge in [0.2, 0.25) is 5.91 Å². The summed E-state index contributed by atoms with van der Waals surface area (Å²) in [6.07, 6.45) is 3.39. The summed E-state index contributed by atoms with van der Waals surface area (Å²) in [4.78, 5) is 17.3. The minimum atomic E-state index is -0.187. The zero-order valence-corrected chi connectivity index (χ0v) is 13.7. The lowest BCUT2D eigenvalue weighted by atomic mass is 10.00. The second-order valence-electron chi connectivity index (χ2n) is 6.04. The van der Waals surface area contributed by atoms with Gasteiger partial charge in [-0.05, 0) is 23.6 Å². The van der Waals surface area contributed by atoms with Crippen LogP contribution in [0.3, 0.4) is 0 Å². The number of nitrogens with one attached hydrogen (secondary N) is 2. The van der Waals surface area contributed by atoms with Crippen LogP contribution in [-0.4, -0.2) is 18.1 Å². The predicted molar refractivity (Wildman–Crippen MR) is 94.0 cm³/mol. The quantitative estimate of drug-likeness (QED) is 0.860. The second-order valence-corrected chi connectivity index (χ2v) is 6.04. The molecule has 0 bridgehead atoms. The maximum atomic E-state index is 11.6. The summed E-state index contributed by atoms with van der Waals surface area (Å²) in [5, 5.41) is 3.01. The molecule has 4 nitrogen and oxygen atoms in total. The zero-order chi connectivity index (χ0) is 16.8. The molecule has 24 heavy (non-hydrogen) atoms. The van der Waals surface area contributed by atoms with E-state index in [1.807, 2.05) is 36.4 Å². The van der Waals surface area contributed by atoms with E-state index in [0.717, 1.165) is 18.5 Å². The van der Waals surface area contributed by atoms with Gasteiger partial charge in [-0.15, -0.1) is 0 Å². The van der Waals surface area contributed by atoms with Crippen LogP contribution < -0.4 is 10.8 Å². The molecule has 2 aromatic carbocycles. The van der Waals surface area contributed by atoms with Gasteiger partial charge in [0.1, 0.15) is 6.10 Å².